The zero-order valence-corrected chi connectivity index (χ0v) is 16.1. The number of carbonyl (C=O) groups excluding carboxylic acids is 2. The van der Waals surface area contributed by atoms with Crippen molar-refractivity contribution >= 4 is 34.4 Å². The highest BCUT2D eigenvalue weighted by Crippen LogP contribution is 2.35. The second-order valence-electron chi connectivity index (χ2n) is 6.33. The summed E-state index contributed by atoms with van der Waals surface area (Å²) in [6.07, 6.45) is 0. The Morgan fingerprint density at radius 3 is 2.63 bits per heavy atom. The summed E-state index contributed by atoms with van der Waals surface area (Å²) in [5, 5.41) is 11.1. The third-order valence-electron chi connectivity index (χ3n) is 4.58. The molecular weight excluding hydrogens is 366 g/mol. The number of phenols is 1. The molecule has 0 radical (unpaired) electrons. The van der Waals surface area contributed by atoms with Gasteiger partial charge in [-0.15, -0.1) is 0 Å². The lowest BCUT2D eigenvalue weighted by Crippen LogP contribution is -2.16. The van der Waals surface area contributed by atoms with Crippen molar-refractivity contribution in [3.63, 3.8) is 0 Å². The molecule has 0 aliphatic carbocycles. The maximum Gasteiger partial charge on any atom is 0.313 e. The number of halogens is 1. The Labute approximate surface area is 162 Å². The standard InChI is InChI=1S/C21H20ClNO4/c1-4-27-21(26)12(2)19-13(3)23(18-9-8-16(24)11-17(18)19)20(25)14-6-5-7-15(22)10-14/h5-12,24H,4H2,1-3H3. The van der Waals surface area contributed by atoms with Crippen LogP contribution in [0.1, 0.15) is 41.4 Å². The molecule has 0 amide bonds. The number of hydrogen-bond acceptors (Lipinski definition) is 4. The first-order valence-electron chi connectivity index (χ1n) is 8.66. The summed E-state index contributed by atoms with van der Waals surface area (Å²) >= 11 is 6.03. The van der Waals surface area contributed by atoms with Gasteiger partial charge < -0.3 is 9.84 Å². The lowest BCUT2D eigenvalue weighted by Gasteiger charge is -2.12. The molecule has 1 atom stereocenters. The van der Waals surface area contributed by atoms with Crippen LogP contribution in [0.2, 0.25) is 5.02 Å². The van der Waals surface area contributed by atoms with E-state index in [0.717, 1.165) is 0 Å². The average Bonchev–Trinajstić information content (AvgIpc) is 2.91. The van der Waals surface area contributed by atoms with Gasteiger partial charge in [-0.1, -0.05) is 17.7 Å². The van der Waals surface area contributed by atoms with E-state index in [1.807, 2.05) is 0 Å². The SMILES string of the molecule is CCOC(=O)C(C)c1c(C)n(C(=O)c2cccc(Cl)c2)c2ccc(O)cc12. The van der Waals surface area contributed by atoms with Crippen LogP contribution in [0.15, 0.2) is 42.5 Å². The largest absolute Gasteiger partial charge is 0.508 e. The van der Waals surface area contributed by atoms with Crippen LogP contribution in [0.4, 0.5) is 0 Å². The number of phenolic OH excluding ortho intramolecular Hbond substituents is 1. The van der Waals surface area contributed by atoms with Crippen LogP contribution in [0.5, 0.6) is 5.75 Å². The summed E-state index contributed by atoms with van der Waals surface area (Å²) in [4.78, 5) is 25.5. The lowest BCUT2D eigenvalue weighted by atomic mass is 9.98. The highest BCUT2D eigenvalue weighted by Gasteiger charge is 2.27. The van der Waals surface area contributed by atoms with Gasteiger partial charge in [-0.05, 0) is 62.7 Å². The first-order valence-corrected chi connectivity index (χ1v) is 9.03. The number of benzene rings is 2. The van der Waals surface area contributed by atoms with Crippen molar-refractivity contribution in [2.75, 3.05) is 6.61 Å². The fourth-order valence-electron chi connectivity index (χ4n) is 3.37. The molecule has 3 aromatic rings. The zero-order chi connectivity index (χ0) is 19.7. The average molecular weight is 386 g/mol. The Bertz CT molecular complexity index is 1040. The molecule has 1 N–H and O–H groups in total. The minimum absolute atomic E-state index is 0.0622. The summed E-state index contributed by atoms with van der Waals surface area (Å²) in [5.41, 5.74) is 2.34. The van der Waals surface area contributed by atoms with E-state index in [0.29, 0.717) is 32.7 Å². The number of fused-ring (bicyclic) bond motifs is 1. The molecule has 27 heavy (non-hydrogen) atoms. The molecule has 0 fully saturated rings. The molecule has 1 aromatic heterocycles. The van der Waals surface area contributed by atoms with Gasteiger partial charge in [-0.25, -0.2) is 0 Å². The first kappa shape index (κ1) is 19.0. The van der Waals surface area contributed by atoms with E-state index in [1.165, 1.54) is 6.07 Å². The number of aromatic nitrogens is 1. The monoisotopic (exact) mass is 385 g/mol. The molecule has 0 aliphatic heterocycles. The van der Waals surface area contributed by atoms with Crippen molar-refractivity contribution < 1.29 is 19.4 Å². The van der Waals surface area contributed by atoms with E-state index in [-0.39, 0.29) is 24.2 Å². The molecule has 0 spiro atoms. The number of ether oxygens (including phenoxy) is 1. The van der Waals surface area contributed by atoms with Gasteiger partial charge in [0, 0.05) is 21.7 Å². The van der Waals surface area contributed by atoms with Gasteiger partial charge in [-0.3, -0.25) is 14.2 Å². The fraction of sp³-hybridized carbons (Fsp3) is 0.238. The van der Waals surface area contributed by atoms with E-state index < -0.39 is 5.92 Å². The molecule has 0 saturated heterocycles. The Morgan fingerprint density at radius 1 is 1.22 bits per heavy atom. The summed E-state index contributed by atoms with van der Waals surface area (Å²) in [6.45, 7) is 5.53. The number of carbonyl (C=O) groups is 2. The lowest BCUT2D eigenvalue weighted by molar-refractivity contribution is -0.144. The van der Waals surface area contributed by atoms with E-state index >= 15 is 0 Å². The minimum Gasteiger partial charge on any atom is -0.508 e. The van der Waals surface area contributed by atoms with Gasteiger partial charge >= 0.3 is 5.97 Å². The Hall–Kier alpha value is -2.79. The molecule has 0 saturated carbocycles. The van der Waals surface area contributed by atoms with Gasteiger partial charge in [0.25, 0.3) is 5.91 Å². The third-order valence-corrected chi connectivity index (χ3v) is 4.82. The molecule has 1 heterocycles. The summed E-state index contributed by atoms with van der Waals surface area (Å²) in [5.74, 6) is -1.15. The van der Waals surface area contributed by atoms with Gasteiger partial charge in [0.05, 0.1) is 18.0 Å². The molecule has 3 rings (SSSR count). The molecule has 6 heteroatoms. The summed E-state index contributed by atoms with van der Waals surface area (Å²) < 4.78 is 6.70. The van der Waals surface area contributed by atoms with Gasteiger partial charge in [0.1, 0.15) is 5.75 Å². The molecule has 140 valence electrons. The second-order valence-corrected chi connectivity index (χ2v) is 6.76. The fourth-order valence-corrected chi connectivity index (χ4v) is 3.57. The summed E-state index contributed by atoms with van der Waals surface area (Å²) in [7, 11) is 0. The van der Waals surface area contributed by atoms with Crippen molar-refractivity contribution in [2.24, 2.45) is 0 Å². The predicted molar refractivity (Wildman–Crippen MR) is 105 cm³/mol. The van der Waals surface area contributed by atoms with Crippen LogP contribution < -0.4 is 0 Å². The predicted octanol–water partition coefficient (Wildman–Crippen LogP) is 4.66. The molecule has 2 aromatic carbocycles. The van der Waals surface area contributed by atoms with Crippen LogP contribution in [-0.2, 0) is 9.53 Å². The number of rotatable bonds is 4. The van der Waals surface area contributed by atoms with Crippen molar-refractivity contribution in [1.82, 2.24) is 4.57 Å². The third kappa shape index (κ3) is 3.43. The molecular formula is C21H20ClNO4. The quantitative estimate of drug-likeness (QED) is 0.663. The van der Waals surface area contributed by atoms with Crippen LogP contribution in [-0.4, -0.2) is 28.2 Å². The van der Waals surface area contributed by atoms with Crippen LogP contribution in [0.3, 0.4) is 0 Å². The van der Waals surface area contributed by atoms with Gasteiger partial charge in [0.2, 0.25) is 0 Å². The Balaban J connectivity index is 2.24. The van der Waals surface area contributed by atoms with E-state index in [1.54, 1.807) is 61.7 Å². The second kappa shape index (κ2) is 7.45. The Kier molecular flexibility index (Phi) is 5.24. The van der Waals surface area contributed by atoms with Crippen molar-refractivity contribution in [1.29, 1.82) is 0 Å². The zero-order valence-electron chi connectivity index (χ0n) is 15.3. The van der Waals surface area contributed by atoms with Crippen LogP contribution >= 0.6 is 11.6 Å². The smallest absolute Gasteiger partial charge is 0.313 e. The van der Waals surface area contributed by atoms with Crippen LogP contribution in [0, 0.1) is 6.92 Å². The van der Waals surface area contributed by atoms with Crippen LogP contribution in [0.25, 0.3) is 10.9 Å². The van der Waals surface area contributed by atoms with Gasteiger partial charge in [-0.2, -0.15) is 0 Å². The number of nitrogens with zero attached hydrogens (tertiary/aromatic N) is 1. The van der Waals surface area contributed by atoms with Crippen molar-refractivity contribution in [2.45, 2.75) is 26.7 Å². The maximum atomic E-state index is 13.2. The normalized spacial score (nSPS) is 12.1. The van der Waals surface area contributed by atoms with Crippen molar-refractivity contribution in [3.05, 3.63) is 64.3 Å². The van der Waals surface area contributed by atoms with E-state index in [9.17, 15) is 14.7 Å². The molecule has 5 nitrogen and oxygen atoms in total. The highest BCUT2D eigenvalue weighted by atomic mass is 35.5. The number of esters is 1. The summed E-state index contributed by atoms with van der Waals surface area (Å²) in [6, 6.07) is 11.5. The first-order chi connectivity index (χ1) is 12.8. The molecule has 1 unspecified atom stereocenters. The Morgan fingerprint density at radius 2 is 1.96 bits per heavy atom. The highest BCUT2D eigenvalue weighted by molar-refractivity contribution is 6.31. The van der Waals surface area contributed by atoms with E-state index in [4.69, 9.17) is 16.3 Å². The molecule has 0 bridgehead atoms. The van der Waals surface area contributed by atoms with Crippen molar-refractivity contribution in [3.8, 4) is 5.75 Å². The van der Waals surface area contributed by atoms with E-state index in [2.05, 4.69) is 0 Å². The van der Waals surface area contributed by atoms with Gasteiger partial charge in [0.15, 0.2) is 0 Å². The topological polar surface area (TPSA) is 68.5 Å². The minimum atomic E-state index is -0.581. The number of aromatic hydroxyl groups is 1. The maximum absolute atomic E-state index is 13.2. The molecule has 0 aliphatic rings. The number of hydrogen-bond donors (Lipinski definition) is 1.